The number of hydrogen-bond donors (Lipinski definition) is 2. The first-order valence-corrected chi connectivity index (χ1v) is 7.85. The summed E-state index contributed by atoms with van der Waals surface area (Å²) in [5.74, 6) is 0. The van der Waals surface area contributed by atoms with E-state index in [0.717, 1.165) is 0 Å². The Morgan fingerprint density at radius 2 is 1.86 bits per heavy atom. The highest BCUT2D eigenvalue weighted by molar-refractivity contribution is 7.92. The molecule has 0 bridgehead atoms. The molecule has 0 heterocycles. The van der Waals surface area contributed by atoms with E-state index in [4.69, 9.17) is 34.2 Å². The van der Waals surface area contributed by atoms with Gasteiger partial charge in [-0.05, 0) is 30.3 Å². The summed E-state index contributed by atoms with van der Waals surface area (Å²) in [7, 11) is -3.97. The second kappa shape index (κ2) is 5.82. The molecule has 0 unspecified atom stereocenters. The van der Waals surface area contributed by atoms with Crippen LogP contribution < -0.4 is 10.5 Å². The van der Waals surface area contributed by atoms with Crippen molar-refractivity contribution in [1.82, 2.24) is 0 Å². The molecule has 0 radical (unpaired) electrons. The molecule has 0 fully saturated rings. The molecule has 0 saturated heterocycles. The number of nitrogen functional groups attached to an aromatic ring is 1. The molecule has 108 valence electrons. The molecule has 3 N–H and O–H groups in total. The number of hydrogen-bond acceptors (Lipinski definition) is 4. The van der Waals surface area contributed by atoms with Gasteiger partial charge in [-0.25, -0.2) is 8.42 Å². The number of halogens is 2. The fraction of sp³-hybridized carbons (Fsp3) is 0. The smallest absolute Gasteiger partial charge is 0.263 e. The van der Waals surface area contributed by atoms with Gasteiger partial charge in [-0.1, -0.05) is 29.3 Å². The summed E-state index contributed by atoms with van der Waals surface area (Å²) in [6, 6.07) is 10.4. The minimum atomic E-state index is -3.97. The summed E-state index contributed by atoms with van der Waals surface area (Å²) in [5, 5.41) is 8.86. The molecule has 0 aliphatic carbocycles. The zero-order chi connectivity index (χ0) is 15.6. The van der Waals surface area contributed by atoms with Crippen molar-refractivity contribution in [1.29, 1.82) is 5.26 Å². The highest BCUT2D eigenvalue weighted by Gasteiger charge is 2.20. The van der Waals surface area contributed by atoms with Gasteiger partial charge in [-0.15, -0.1) is 0 Å². The van der Waals surface area contributed by atoms with Crippen molar-refractivity contribution in [3.8, 4) is 6.07 Å². The molecule has 0 aromatic heterocycles. The van der Waals surface area contributed by atoms with E-state index in [2.05, 4.69) is 4.72 Å². The Hall–Kier alpha value is -1.94. The molecular weight excluding hydrogens is 333 g/mol. The van der Waals surface area contributed by atoms with Crippen LogP contribution in [0, 0.1) is 11.3 Å². The summed E-state index contributed by atoms with van der Waals surface area (Å²) in [5.41, 5.74) is 6.24. The summed E-state index contributed by atoms with van der Waals surface area (Å²) >= 11 is 11.8. The number of nitrogens with one attached hydrogen (secondary N) is 1. The van der Waals surface area contributed by atoms with E-state index in [-0.39, 0.29) is 31.9 Å². The maximum absolute atomic E-state index is 12.3. The second-order valence-electron chi connectivity index (χ2n) is 4.07. The van der Waals surface area contributed by atoms with Crippen LogP contribution in [-0.2, 0) is 10.0 Å². The van der Waals surface area contributed by atoms with E-state index in [1.165, 1.54) is 30.3 Å². The van der Waals surface area contributed by atoms with Crippen molar-refractivity contribution in [3.63, 3.8) is 0 Å². The molecule has 0 aliphatic rings. The van der Waals surface area contributed by atoms with Crippen molar-refractivity contribution >= 4 is 44.6 Å². The van der Waals surface area contributed by atoms with Crippen molar-refractivity contribution < 1.29 is 8.42 Å². The number of anilines is 2. The number of para-hydroxylation sites is 1. The van der Waals surface area contributed by atoms with E-state index in [1.54, 1.807) is 6.07 Å². The van der Waals surface area contributed by atoms with Crippen molar-refractivity contribution in [2.24, 2.45) is 0 Å². The molecule has 0 saturated carbocycles. The number of rotatable bonds is 3. The first-order chi connectivity index (χ1) is 9.85. The van der Waals surface area contributed by atoms with Gasteiger partial charge in [0.25, 0.3) is 10.0 Å². The predicted octanol–water partition coefficient (Wildman–Crippen LogP) is 3.25. The van der Waals surface area contributed by atoms with Crippen LogP contribution >= 0.6 is 23.2 Å². The van der Waals surface area contributed by atoms with Crippen LogP contribution in [0.3, 0.4) is 0 Å². The highest BCUT2D eigenvalue weighted by Crippen LogP contribution is 2.31. The Balaban J connectivity index is 2.47. The van der Waals surface area contributed by atoms with Crippen LogP contribution in [0.15, 0.2) is 41.3 Å². The van der Waals surface area contributed by atoms with Crippen LogP contribution in [-0.4, -0.2) is 8.42 Å². The number of benzene rings is 2. The largest absolute Gasteiger partial charge is 0.397 e. The number of nitrogens with two attached hydrogens (primary N) is 1. The van der Waals surface area contributed by atoms with Gasteiger partial charge in [-0.3, -0.25) is 4.72 Å². The lowest BCUT2D eigenvalue weighted by Crippen LogP contribution is -2.15. The molecule has 2 aromatic rings. The third-order valence-corrected chi connectivity index (χ3v) is 4.78. The minimum absolute atomic E-state index is 0.0628. The van der Waals surface area contributed by atoms with E-state index < -0.39 is 10.0 Å². The highest BCUT2D eigenvalue weighted by atomic mass is 35.5. The Kier molecular flexibility index (Phi) is 4.28. The van der Waals surface area contributed by atoms with Gasteiger partial charge in [0.15, 0.2) is 0 Å². The van der Waals surface area contributed by atoms with Crippen LogP contribution in [0.25, 0.3) is 0 Å². The van der Waals surface area contributed by atoms with Gasteiger partial charge in [-0.2, -0.15) is 5.26 Å². The van der Waals surface area contributed by atoms with Gasteiger partial charge < -0.3 is 5.73 Å². The first kappa shape index (κ1) is 15.4. The number of nitriles is 1. The zero-order valence-electron chi connectivity index (χ0n) is 10.5. The van der Waals surface area contributed by atoms with Gasteiger partial charge in [0.2, 0.25) is 0 Å². The molecular formula is C13H9Cl2N3O2S. The molecule has 21 heavy (non-hydrogen) atoms. The zero-order valence-corrected chi connectivity index (χ0v) is 12.8. The molecule has 0 aliphatic heterocycles. The normalized spacial score (nSPS) is 10.9. The maximum atomic E-state index is 12.3. The third kappa shape index (κ3) is 3.22. The predicted molar refractivity (Wildman–Crippen MR) is 82.8 cm³/mol. The van der Waals surface area contributed by atoms with E-state index in [0.29, 0.717) is 0 Å². The molecule has 0 atom stereocenters. The monoisotopic (exact) mass is 341 g/mol. The van der Waals surface area contributed by atoms with Crippen LogP contribution in [0.4, 0.5) is 11.4 Å². The molecule has 2 rings (SSSR count). The first-order valence-electron chi connectivity index (χ1n) is 5.61. The Labute approximate surface area is 132 Å². The van der Waals surface area contributed by atoms with Crippen LogP contribution in [0.2, 0.25) is 10.0 Å². The minimum Gasteiger partial charge on any atom is -0.397 e. The lowest BCUT2D eigenvalue weighted by atomic mass is 10.2. The summed E-state index contributed by atoms with van der Waals surface area (Å²) in [6.07, 6.45) is 0. The van der Waals surface area contributed by atoms with Gasteiger partial charge in [0, 0.05) is 0 Å². The van der Waals surface area contributed by atoms with Crippen molar-refractivity contribution in [2.45, 2.75) is 4.90 Å². The lowest BCUT2D eigenvalue weighted by molar-refractivity contribution is 0.601. The van der Waals surface area contributed by atoms with Gasteiger partial charge in [0.05, 0.1) is 33.1 Å². The Morgan fingerprint density at radius 1 is 1.14 bits per heavy atom. The lowest BCUT2D eigenvalue weighted by Gasteiger charge is -2.12. The molecule has 8 heteroatoms. The average Bonchev–Trinajstić information content (AvgIpc) is 2.42. The number of sulfonamides is 1. The quantitative estimate of drug-likeness (QED) is 0.837. The van der Waals surface area contributed by atoms with Crippen LogP contribution in [0.5, 0.6) is 0 Å². The molecule has 5 nitrogen and oxygen atoms in total. The summed E-state index contributed by atoms with van der Waals surface area (Å²) in [4.78, 5) is -0.164. The number of nitrogens with zero attached hydrogens (tertiary/aromatic N) is 1. The van der Waals surface area contributed by atoms with Crippen molar-refractivity contribution in [2.75, 3.05) is 10.5 Å². The van der Waals surface area contributed by atoms with Crippen LogP contribution in [0.1, 0.15) is 5.56 Å². The second-order valence-corrected chi connectivity index (χ2v) is 6.53. The van der Waals surface area contributed by atoms with Crippen molar-refractivity contribution in [3.05, 3.63) is 52.0 Å². The van der Waals surface area contributed by atoms with E-state index >= 15 is 0 Å². The van der Waals surface area contributed by atoms with Gasteiger partial charge in [0.1, 0.15) is 4.90 Å². The summed E-state index contributed by atoms with van der Waals surface area (Å²) < 4.78 is 27.0. The maximum Gasteiger partial charge on any atom is 0.263 e. The molecule has 2 aromatic carbocycles. The Morgan fingerprint density at radius 3 is 2.43 bits per heavy atom. The Bertz CT molecular complexity index is 825. The van der Waals surface area contributed by atoms with Gasteiger partial charge >= 0.3 is 0 Å². The van der Waals surface area contributed by atoms with E-state index in [9.17, 15) is 8.42 Å². The fourth-order valence-corrected chi connectivity index (χ4v) is 3.57. The average molecular weight is 342 g/mol. The topological polar surface area (TPSA) is 96.0 Å². The SMILES string of the molecule is N#Cc1ccc(S(=O)(=O)Nc2c(N)cccc2Cl)c(Cl)c1. The standard InChI is InChI=1S/C13H9Cl2N3O2S/c14-9-2-1-3-11(17)13(9)18-21(19,20)12-5-4-8(7-16)6-10(12)15/h1-6,18H,17H2. The van der Waals surface area contributed by atoms with E-state index in [1.807, 2.05) is 6.07 Å². The molecule has 0 spiro atoms. The fourth-order valence-electron chi connectivity index (χ4n) is 1.63. The third-order valence-electron chi connectivity index (χ3n) is 2.63. The summed E-state index contributed by atoms with van der Waals surface area (Å²) in [6.45, 7) is 0. The molecule has 0 amide bonds.